The minimum Gasteiger partial charge on any atom is -0.504 e. The molecule has 0 saturated heterocycles. The fraction of sp³-hybridized carbons (Fsp3) is 0.444. The number of hydroxylamine groups is 1. The number of unbranched alkanes of at least 4 members (excludes halogenated alkanes) is 7. The molecule has 3 rings (SSSR count). The van der Waals surface area contributed by atoms with Gasteiger partial charge in [-0.05, 0) is 42.7 Å². The lowest BCUT2D eigenvalue weighted by atomic mass is 9.96. The molecule has 0 spiro atoms. The number of nitrogens with one attached hydrogen (secondary N) is 1. The summed E-state index contributed by atoms with van der Waals surface area (Å²) in [5.41, 5.74) is 4.07. The Morgan fingerprint density at radius 1 is 0.971 bits per heavy atom. The molecule has 0 saturated carbocycles. The average Bonchev–Trinajstić information content (AvgIpc) is 2.84. The zero-order chi connectivity index (χ0) is 25.3. The van der Waals surface area contributed by atoms with Gasteiger partial charge in [0.1, 0.15) is 12.0 Å². The summed E-state index contributed by atoms with van der Waals surface area (Å²) in [4.78, 5) is 16.1. The van der Waals surface area contributed by atoms with Gasteiger partial charge < -0.3 is 34.8 Å². The predicted octanol–water partition coefficient (Wildman–Crippen LogP) is 4.79. The van der Waals surface area contributed by atoms with Crippen molar-refractivity contribution < 1.29 is 34.8 Å². The number of phenols is 3. The number of carbonyl (C=O) groups is 1. The van der Waals surface area contributed by atoms with Crippen molar-refractivity contribution in [2.45, 2.75) is 70.5 Å². The molecule has 1 unspecified atom stereocenters. The van der Waals surface area contributed by atoms with E-state index < -0.39 is 23.0 Å². The van der Waals surface area contributed by atoms with Crippen LogP contribution in [-0.2, 0) is 21.8 Å². The number of ether oxygens (including phenoxy) is 1. The highest BCUT2D eigenvalue weighted by molar-refractivity contribution is 5.65. The molecule has 8 heteroatoms. The number of aromatic hydroxyl groups is 3. The zero-order valence-electron chi connectivity index (χ0n) is 20.1. The van der Waals surface area contributed by atoms with Crippen LogP contribution in [0.2, 0.25) is 0 Å². The Hall–Kier alpha value is -3.23. The Labute approximate surface area is 205 Å². The number of carbonyl (C=O) groups excluding carboxylic acids is 1. The van der Waals surface area contributed by atoms with Gasteiger partial charge in [-0.1, -0.05) is 64.0 Å². The molecule has 0 aliphatic carbocycles. The maximum Gasteiger partial charge on any atom is 0.296 e. The quantitative estimate of drug-likeness (QED) is 0.112. The zero-order valence-corrected chi connectivity index (χ0v) is 20.1. The van der Waals surface area contributed by atoms with E-state index in [0.29, 0.717) is 17.6 Å². The van der Waals surface area contributed by atoms with E-state index in [4.69, 9.17) is 9.57 Å². The van der Waals surface area contributed by atoms with Crippen LogP contribution in [0, 0.1) is 0 Å². The molecule has 2 aromatic rings. The lowest BCUT2D eigenvalue weighted by Crippen LogP contribution is -2.40. The Morgan fingerprint density at radius 3 is 2.29 bits per heavy atom. The first-order valence-corrected chi connectivity index (χ1v) is 12.2. The van der Waals surface area contributed by atoms with Gasteiger partial charge in [0, 0.05) is 11.1 Å². The van der Waals surface area contributed by atoms with Crippen LogP contribution in [0.4, 0.5) is 0 Å². The summed E-state index contributed by atoms with van der Waals surface area (Å²) in [5, 5.41) is 41.1. The third-order valence-electron chi connectivity index (χ3n) is 6.08. The number of phenolic OH excluding ortho intramolecular Hbond substituents is 3. The maximum absolute atomic E-state index is 11.5. The first kappa shape index (κ1) is 26.4. The molecule has 0 aromatic heterocycles. The van der Waals surface area contributed by atoms with Gasteiger partial charge in [-0.3, -0.25) is 0 Å². The van der Waals surface area contributed by atoms with Gasteiger partial charge in [-0.15, -0.1) is 5.48 Å². The largest absolute Gasteiger partial charge is 0.504 e. The van der Waals surface area contributed by atoms with Gasteiger partial charge in [-0.2, -0.15) is 0 Å². The van der Waals surface area contributed by atoms with E-state index in [-0.39, 0.29) is 17.9 Å². The minimum atomic E-state index is -2.23. The summed E-state index contributed by atoms with van der Waals surface area (Å²) < 4.78 is 5.95. The van der Waals surface area contributed by atoms with Crippen LogP contribution in [-0.4, -0.2) is 33.3 Å². The molecule has 35 heavy (non-hydrogen) atoms. The van der Waals surface area contributed by atoms with Crippen molar-refractivity contribution in [2.24, 2.45) is 0 Å². The van der Waals surface area contributed by atoms with E-state index in [2.05, 4.69) is 12.4 Å². The summed E-state index contributed by atoms with van der Waals surface area (Å²) >= 11 is 0. The van der Waals surface area contributed by atoms with Crippen LogP contribution in [0.15, 0.2) is 36.1 Å². The van der Waals surface area contributed by atoms with Gasteiger partial charge in [0.25, 0.3) is 5.79 Å². The summed E-state index contributed by atoms with van der Waals surface area (Å²) in [6.07, 6.45) is 12.9. The number of fused-ring (bicyclic) bond motifs is 1. The van der Waals surface area contributed by atoms with Crippen molar-refractivity contribution >= 4 is 12.4 Å². The van der Waals surface area contributed by atoms with Gasteiger partial charge in [0.15, 0.2) is 17.2 Å². The summed E-state index contributed by atoms with van der Waals surface area (Å²) in [7, 11) is 0. The normalized spacial score (nSPS) is 16.8. The number of aldehydes is 1. The third-order valence-corrected chi connectivity index (χ3v) is 6.08. The molecule has 1 aliphatic heterocycles. The molecule has 0 amide bonds. The van der Waals surface area contributed by atoms with Crippen molar-refractivity contribution in [2.75, 3.05) is 6.54 Å². The van der Waals surface area contributed by atoms with Crippen LogP contribution in [0.1, 0.15) is 75.0 Å². The van der Waals surface area contributed by atoms with E-state index in [9.17, 15) is 25.2 Å². The minimum absolute atomic E-state index is 0.0661. The molecule has 1 atom stereocenters. The SMILES string of the molecule is CCCCCCCCCCc1ccc2c(c1)OC(O)(c1cc(O)c(O)c(O)c1)C(ONCC=O)=C2. The van der Waals surface area contributed by atoms with E-state index in [0.717, 1.165) is 37.0 Å². The summed E-state index contributed by atoms with van der Waals surface area (Å²) in [6.45, 7) is 2.08. The Kier molecular flexibility index (Phi) is 9.39. The Morgan fingerprint density at radius 2 is 1.63 bits per heavy atom. The monoisotopic (exact) mass is 485 g/mol. The summed E-state index contributed by atoms with van der Waals surface area (Å²) in [5.74, 6) is -3.92. The highest BCUT2D eigenvalue weighted by Gasteiger charge is 2.43. The first-order valence-electron chi connectivity index (χ1n) is 12.2. The lowest BCUT2D eigenvalue weighted by molar-refractivity contribution is -0.158. The third kappa shape index (κ3) is 6.68. The molecule has 0 fully saturated rings. The number of aryl methyl sites for hydroxylation is 1. The van der Waals surface area contributed by atoms with Gasteiger partial charge in [-0.25, -0.2) is 0 Å². The van der Waals surface area contributed by atoms with Gasteiger partial charge in [0.2, 0.25) is 5.76 Å². The van der Waals surface area contributed by atoms with Crippen molar-refractivity contribution in [1.82, 2.24) is 5.48 Å². The smallest absolute Gasteiger partial charge is 0.296 e. The molecule has 0 bridgehead atoms. The van der Waals surface area contributed by atoms with E-state index in [1.54, 1.807) is 6.08 Å². The molecular weight excluding hydrogens is 450 g/mol. The second-order valence-corrected chi connectivity index (χ2v) is 8.83. The number of hydrogen-bond acceptors (Lipinski definition) is 8. The molecule has 1 aliphatic rings. The van der Waals surface area contributed by atoms with Crippen molar-refractivity contribution in [3.05, 3.63) is 52.8 Å². The average molecular weight is 486 g/mol. The molecular formula is C27H35NO7. The van der Waals surface area contributed by atoms with Crippen LogP contribution < -0.4 is 10.2 Å². The van der Waals surface area contributed by atoms with E-state index in [1.165, 1.54) is 38.5 Å². The van der Waals surface area contributed by atoms with Gasteiger partial charge >= 0.3 is 0 Å². The molecule has 2 aromatic carbocycles. The first-order chi connectivity index (χ1) is 16.9. The Bertz CT molecular complexity index is 1010. The summed E-state index contributed by atoms with van der Waals surface area (Å²) in [6, 6.07) is 7.86. The van der Waals surface area contributed by atoms with Crippen LogP contribution in [0.25, 0.3) is 6.08 Å². The van der Waals surface area contributed by atoms with Crippen molar-refractivity contribution in [1.29, 1.82) is 0 Å². The number of rotatable bonds is 14. The highest BCUT2D eigenvalue weighted by atomic mass is 16.7. The highest BCUT2D eigenvalue weighted by Crippen LogP contribution is 2.45. The molecule has 8 nitrogen and oxygen atoms in total. The molecule has 0 radical (unpaired) electrons. The lowest BCUT2D eigenvalue weighted by Gasteiger charge is -2.34. The fourth-order valence-electron chi connectivity index (χ4n) is 4.11. The standard InChI is InChI=1S/C27H35NO7/c1-2-3-4-5-6-7-8-9-10-19-11-12-20-16-25(35-28-13-14-29)27(33,34-24(20)15-19)21-17-22(30)26(32)23(31)18-21/h11-12,14-18,28,30-33H,2-10,13H2,1H3. The van der Waals surface area contributed by atoms with Crippen molar-refractivity contribution in [3.63, 3.8) is 0 Å². The van der Waals surface area contributed by atoms with Crippen LogP contribution in [0.3, 0.4) is 0 Å². The second kappa shape index (κ2) is 12.5. The van der Waals surface area contributed by atoms with Crippen LogP contribution >= 0.6 is 0 Å². The molecule has 190 valence electrons. The van der Waals surface area contributed by atoms with Crippen molar-refractivity contribution in [3.8, 4) is 23.0 Å². The molecule has 1 heterocycles. The predicted molar refractivity (Wildman–Crippen MR) is 132 cm³/mol. The van der Waals surface area contributed by atoms with Crippen LogP contribution in [0.5, 0.6) is 23.0 Å². The fourth-order valence-corrected chi connectivity index (χ4v) is 4.11. The maximum atomic E-state index is 11.5. The second-order valence-electron chi connectivity index (χ2n) is 8.83. The number of aliphatic hydroxyl groups is 1. The van der Waals surface area contributed by atoms with E-state index in [1.807, 2.05) is 18.2 Å². The number of benzene rings is 2. The topological polar surface area (TPSA) is 128 Å². The van der Waals surface area contributed by atoms with Gasteiger partial charge in [0.05, 0.1) is 6.54 Å². The molecule has 5 N–H and O–H groups in total. The number of hydrogen-bond donors (Lipinski definition) is 5. The Balaban J connectivity index is 1.76. The van der Waals surface area contributed by atoms with E-state index >= 15 is 0 Å².